The highest BCUT2D eigenvalue weighted by Crippen LogP contribution is 2.22. The second kappa shape index (κ2) is 7.61. The van der Waals surface area contributed by atoms with Crippen molar-refractivity contribution in [2.24, 2.45) is 0 Å². The summed E-state index contributed by atoms with van der Waals surface area (Å²) in [5, 5.41) is 0.398. The average molecular weight is 362 g/mol. The Hall–Kier alpha value is -2.15. The zero-order valence-electron chi connectivity index (χ0n) is 12.7. The highest BCUT2D eigenvalue weighted by Gasteiger charge is 2.35. The number of alkyl halides is 3. The van der Waals surface area contributed by atoms with E-state index in [1.165, 1.54) is 31.4 Å². The van der Waals surface area contributed by atoms with Crippen LogP contribution in [0.5, 0.6) is 5.75 Å². The summed E-state index contributed by atoms with van der Waals surface area (Å²) in [6, 6.07) is 9.32. The number of carbonyl (C=O) groups excluding carboxylic acids is 1. The molecule has 0 spiro atoms. The molecule has 0 bridgehead atoms. The van der Waals surface area contributed by atoms with Crippen LogP contribution in [0.15, 0.2) is 47.1 Å². The van der Waals surface area contributed by atoms with E-state index in [2.05, 4.69) is 0 Å². The summed E-state index contributed by atoms with van der Waals surface area (Å²) in [5.74, 6) is -0.250. The fourth-order valence-corrected chi connectivity index (χ4v) is 2.25. The van der Waals surface area contributed by atoms with Crippen molar-refractivity contribution in [2.45, 2.75) is 25.7 Å². The molecule has 0 aliphatic rings. The lowest BCUT2D eigenvalue weighted by Gasteiger charge is -2.26. The van der Waals surface area contributed by atoms with Gasteiger partial charge in [0.05, 0.1) is 12.8 Å². The van der Waals surface area contributed by atoms with E-state index in [1.54, 1.807) is 18.2 Å². The van der Waals surface area contributed by atoms with E-state index >= 15 is 0 Å². The number of furan rings is 1. The standard InChI is InChI=1S/C16H15ClF3NO3/c1-11(24-13-5-2-4-12(17)8-13)15(22)21(10-16(18,19)20)9-14-6-3-7-23-14/h2-8,11H,9-10H2,1H3. The predicted octanol–water partition coefficient (Wildman–Crippen LogP) is 4.29. The largest absolute Gasteiger partial charge is 0.481 e. The molecule has 24 heavy (non-hydrogen) atoms. The first-order chi connectivity index (χ1) is 11.2. The Bertz CT molecular complexity index is 673. The summed E-state index contributed by atoms with van der Waals surface area (Å²) < 4.78 is 48.7. The fraction of sp³-hybridized carbons (Fsp3) is 0.312. The minimum Gasteiger partial charge on any atom is -0.481 e. The third-order valence-electron chi connectivity index (χ3n) is 3.07. The minimum atomic E-state index is -4.53. The molecule has 1 heterocycles. The van der Waals surface area contributed by atoms with Gasteiger partial charge in [-0.3, -0.25) is 4.79 Å². The number of nitrogens with zero attached hydrogens (tertiary/aromatic N) is 1. The lowest BCUT2D eigenvalue weighted by molar-refractivity contribution is -0.166. The van der Waals surface area contributed by atoms with Gasteiger partial charge in [0.25, 0.3) is 5.91 Å². The Morgan fingerprint density at radius 3 is 2.67 bits per heavy atom. The van der Waals surface area contributed by atoms with Crippen molar-refractivity contribution in [1.29, 1.82) is 0 Å². The van der Waals surface area contributed by atoms with E-state index in [9.17, 15) is 18.0 Å². The van der Waals surface area contributed by atoms with Crippen LogP contribution in [0.2, 0.25) is 5.02 Å². The number of benzene rings is 1. The van der Waals surface area contributed by atoms with E-state index in [-0.39, 0.29) is 12.3 Å². The molecule has 0 saturated heterocycles. The maximum Gasteiger partial charge on any atom is 0.406 e. The Kier molecular flexibility index (Phi) is 5.77. The third-order valence-corrected chi connectivity index (χ3v) is 3.30. The highest BCUT2D eigenvalue weighted by atomic mass is 35.5. The van der Waals surface area contributed by atoms with Crippen molar-refractivity contribution in [1.82, 2.24) is 4.90 Å². The summed E-state index contributed by atoms with van der Waals surface area (Å²) in [6.45, 7) is -0.306. The van der Waals surface area contributed by atoms with E-state index in [0.29, 0.717) is 15.7 Å². The van der Waals surface area contributed by atoms with Crippen LogP contribution in [0.25, 0.3) is 0 Å². The second-order valence-corrected chi connectivity index (χ2v) is 5.54. The molecule has 1 aromatic heterocycles. The summed E-state index contributed by atoms with van der Waals surface area (Å²) in [7, 11) is 0. The van der Waals surface area contributed by atoms with Gasteiger partial charge in [-0.15, -0.1) is 0 Å². The van der Waals surface area contributed by atoms with Gasteiger partial charge in [-0.2, -0.15) is 13.2 Å². The molecular formula is C16H15ClF3NO3. The molecule has 130 valence electrons. The maximum atomic E-state index is 12.8. The molecule has 1 unspecified atom stereocenters. The molecule has 2 rings (SSSR count). The fourth-order valence-electron chi connectivity index (χ4n) is 2.07. The Labute approximate surface area is 141 Å². The zero-order valence-corrected chi connectivity index (χ0v) is 13.5. The first kappa shape index (κ1) is 18.2. The van der Waals surface area contributed by atoms with E-state index in [4.69, 9.17) is 20.8 Å². The van der Waals surface area contributed by atoms with Crippen LogP contribution >= 0.6 is 11.6 Å². The number of amides is 1. The van der Waals surface area contributed by atoms with Gasteiger partial charge in [0.1, 0.15) is 18.1 Å². The average Bonchev–Trinajstić information content (AvgIpc) is 2.97. The van der Waals surface area contributed by atoms with Gasteiger partial charge in [-0.25, -0.2) is 0 Å². The third kappa shape index (κ3) is 5.49. The van der Waals surface area contributed by atoms with E-state index in [1.807, 2.05) is 0 Å². The van der Waals surface area contributed by atoms with Crippen molar-refractivity contribution in [3.8, 4) is 5.75 Å². The number of carbonyl (C=O) groups is 1. The van der Waals surface area contributed by atoms with Crippen LogP contribution in [0.4, 0.5) is 13.2 Å². The van der Waals surface area contributed by atoms with Gasteiger partial charge < -0.3 is 14.1 Å². The molecule has 4 nitrogen and oxygen atoms in total. The predicted molar refractivity (Wildman–Crippen MR) is 81.7 cm³/mol. The van der Waals surface area contributed by atoms with Gasteiger partial charge in [-0.05, 0) is 37.3 Å². The van der Waals surface area contributed by atoms with Crippen LogP contribution in [-0.4, -0.2) is 29.6 Å². The molecule has 1 amide bonds. The first-order valence-corrected chi connectivity index (χ1v) is 7.42. The molecule has 0 saturated carbocycles. The molecule has 0 fully saturated rings. The van der Waals surface area contributed by atoms with E-state index in [0.717, 1.165) is 0 Å². The topological polar surface area (TPSA) is 42.7 Å². The Morgan fingerprint density at radius 1 is 1.33 bits per heavy atom. The Morgan fingerprint density at radius 2 is 2.08 bits per heavy atom. The normalized spacial score (nSPS) is 12.7. The lowest BCUT2D eigenvalue weighted by Crippen LogP contribution is -2.44. The van der Waals surface area contributed by atoms with Crippen molar-refractivity contribution in [3.63, 3.8) is 0 Å². The molecule has 2 aromatic rings. The van der Waals surface area contributed by atoms with Gasteiger partial charge in [-0.1, -0.05) is 17.7 Å². The lowest BCUT2D eigenvalue weighted by atomic mass is 10.3. The van der Waals surface area contributed by atoms with Crippen LogP contribution in [0.3, 0.4) is 0 Å². The quantitative estimate of drug-likeness (QED) is 0.770. The molecule has 0 aliphatic heterocycles. The van der Waals surface area contributed by atoms with Gasteiger partial charge in [0.2, 0.25) is 0 Å². The molecular weight excluding hydrogens is 347 g/mol. The Balaban J connectivity index is 2.10. The van der Waals surface area contributed by atoms with Crippen molar-refractivity contribution >= 4 is 17.5 Å². The summed E-state index contributed by atoms with van der Waals surface area (Å²) in [5.41, 5.74) is 0. The molecule has 0 radical (unpaired) electrons. The second-order valence-electron chi connectivity index (χ2n) is 5.11. The number of hydrogen-bond donors (Lipinski definition) is 0. The van der Waals surface area contributed by atoms with Crippen molar-refractivity contribution < 1.29 is 27.1 Å². The summed E-state index contributed by atoms with van der Waals surface area (Å²) >= 11 is 5.82. The molecule has 1 atom stereocenters. The SMILES string of the molecule is CC(Oc1cccc(Cl)c1)C(=O)N(Cc1ccco1)CC(F)(F)F. The van der Waals surface area contributed by atoms with Crippen molar-refractivity contribution in [2.75, 3.05) is 6.54 Å². The van der Waals surface area contributed by atoms with Crippen molar-refractivity contribution in [3.05, 3.63) is 53.4 Å². The number of hydrogen-bond acceptors (Lipinski definition) is 3. The molecule has 1 aromatic carbocycles. The monoisotopic (exact) mass is 361 g/mol. The molecule has 0 N–H and O–H groups in total. The smallest absolute Gasteiger partial charge is 0.406 e. The maximum absolute atomic E-state index is 12.8. The number of rotatable bonds is 6. The molecule has 0 aliphatic carbocycles. The number of ether oxygens (including phenoxy) is 1. The molecule has 8 heteroatoms. The van der Waals surface area contributed by atoms with E-state index < -0.39 is 24.7 Å². The highest BCUT2D eigenvalue weighted by molar-refractivity contribution is 6.30. The van der Waals surface area contributed by atoms with Crippen LogP contribution in [-0.2, 0) is 11.3 Å². The van der Waals surface area contributed by atoms with Gasteiger partial charge >= 0.3 is 6.18 Å². The minimum absolute atomic E-state index is 0.252. The van der Waals surface area contributed by atoms with Crippen LogP contribution in [0, 0.1) is 0 Å². The zero-order chi connectivity index (χ0) is 17.7. The summed E-state index contributed by atoms with van der Waals surface area (Å²) in [4.78, 5) is 13.0. The number of halogens is 4. The summed E-state index contributed by atoms with van der Waals surface area (Å²) in [6.07, 6.45) is -4.31. The van der Waals surface area contributed by atoms with Gasteiger partial charge in [0.15, 0.2) is 6.10 Å². The first-order valence-electron chi connectivity index (χ1n) is 7.05. The van der Waals surface area contributed by atoms with Crippen LogP contribution < -0.4 is 4.74 Å². The van der Waals surface area contributed by atoms with Gasteiger partial charge in [0, 0.05) is 5.02 Å². The van der Waals surface area contributed by atoms with Crippen LogP contribution in [0.1, 0.15) is 12.7 Å².